The van der Waals surface area contributed by atoms with Crippen molar-refractivity contribution in [3.63, 3.8) is 0 Å². The number of benzene rings is 1. The van der Waals surface area contributed by atoms with Crippen LogP contribution < -0.4 is 10.1 Å². The minimum absolute atomic E-state index is 0.377. The van der Waals surface area contributed by atoms with Gasteiger partial charge in [-0.1, -0.05) is 43.1 Å². The summed E-state index contributed by atoms with van der Waals surface area (Å²) in [5.74, 6) is 1.45. The molecule has 0 spiro atoms. The van der Waals surface area contributed by atoms with Crippen LogP contribution in [0.15, 0.2) is 25.6 Å². The van der Waals surface area contributed by atoms with E-state index in [0.717, 1.165) is 38.6 Å². The van der Waals surface area contributed by atoms with Gasteiger partial charge in [-0.05, 0) is 62.9 Å². The first-order chi connectivity index (χ1) is 9.49. The smallest absolute Gasteiger partial charge is 0.147 e. The minimum atomic E-state index is 0.377. The van der Waals surface area contributed by atoms with Crippen LogP contribution in [-0.2, 0) is 0 Å². The van der Waals surface area contributed by atoms with Crippen molar-refractivity contribution in [1.29, 1.82) is 0 Å². The first kappa shape index (κ1) is 18.5. The summed E-state index contributed by atoms with van der Waals surface area (Å²) in [7, 11) is 0. The summed E-state index contributed by atoms with van der Waals surface area (Å²) in [6, 6.07) is 4.37. The van der Waals surface area contributed by atoms with Gasteiger partial charge in [-0.3, -0.25) is 0 Å². The first-order valence-electron chi connectivity index (χ1n) is 7.00. The van der Waals surface area contributed by atoms with E-state index in [0.29, 0.717) is 18.6 Å². The second kappa shape index (κ2) is 9.44. The molecular weight excluding hydrogens is 450 g/mol. The highest BCUT2D eigenvalue weighted by atomic mass is 79.9. The summed E-state index contributed by atoms with van der Waals surface area (Å²) in [6.07, 6.45) is 2.28. The quantitative estimate of drug-likeness (QED) is 0.520. The Labute approximate surface area is 147 Å². The lowest BCUT2D eigenvalue weighted by molar-refractivity contribution is 0.218. The molecule has 0 fully saturated rings. The van der Waals surface area contributed by atoms with Gasteiger partial charge in [-0.2, -0.15) is 0 Å². The van der Waals surface area contributed by atoms with Crippen molar-refractivity contribution < 1.29 is 4.74 Å². The Morgan fingerprint density at radius 3 is 2.25 bits per heavy atom. The van der Waals surface area contributed by atoms with Gasteiger partial charge in [0.1, 0.15) is 12.4 Å². The monoisotopic (exact) mass is 469 g/mol. The molecule has 2 unspecified atom stereocenters. The molecule has 0 amide bonds. The van der Waals surface area contributed by atoms with Crippen molar-refractivity contribution in [2.75, 3.05) is 13.2 Å². The zero-order valence-corrected chi connectivity index (χ0v) is 16.9. The first-order valence-corrected chi connectivity index (χ1v) is 9.38. The van der Waals surface area contributed by atoms with Crippen LogP contribution in [-0.4, -0.2) is 19.2 Å². The lowest BCUT2D eigenvalue weighted by Crippen LogP contribution is -2.40. The number of nitrogens with one attached hydrogen (secondary N) is 1. The van der Waals surface area contributed by atoms with E-state index in [-0.39, 0.29) is 0 Å². The van der Waals surface area contributed by atoms with E-state index >= 15 is 0 Å². The van der Waals surface area contributed by atoms with E-state index in [9.17, 15) is 0 Å². The molecule has 1 aromatic carbocycles. The molecular formula is C15H22Br3NO. The number of hydrogen-bond acceptors (Lipinski definition) is 2. The Balaban J connectivity index is 2.71. The fraction of sp³-hybridized carbons (Fsp3) is 0.600. The van der Waals surface area contributed by atoms with Gasteiger partial charge in [0.25, 0.3) is 0 Å². The van der Waals surface area contributed by atoms with Crippen molar-refractivity contribution in [2.45, 2.75) is 39.7 Å². The zero-order chi connectivity index (χ0) is 15.1. The molecule has 0 saturated carbocycles. The molecule has 1 rings (SSSR count). The van der Waals surface area contributed by atoms with Crippen LogP contribution in [0.25, 0.3) is 0 Å². The fourth-order valence-corrected chi connectivity index (χ4v) is 4.37. The third-order valence-electron chi connectivity index (χ3n) is 3.36. The molecule has 0 radical (unpaired) electrons. The average Bonchev–Trinajstić information content (AvgIpc) is 2.40. The van der Waals surface area contributed by atoms with Gasteiger partial charge >= 0.3 is 0 Å². The molecule has 114 valence electrons. The average molecular weight is 472 g/mol. The maximum atomic E-state index is 6.03. The maximum Gasteiger partial charge on any atom is 0.147 e. The van der Waals surface area contributed by atoms with E-state index in [1.54, 1.807) is 0 Å². The summed E-state index contributed by atoms with van der Waals surface area (Å²) in [6.45, 7) is 8.37. The zero-order valence-electron chi connectivity index (χ0n) is 12.2. The van der Waals surface area contributed by atoms with Crippen LogP contribution in [0, 0.1) is 5.92 Å². The Bertz CT molecular complexity index is 403. The second-order valence-corrected chi connectivity index (χ2v) is 7.58. The molecule has 1 aromatic rings. The lowest BCUT2D eigenvalue weighted by atomic mass is 10.00. The van der Waals surface area contributed by atoms with E-state index < -0.39 is 0 Å². The van der Waals surface area contributed by atoms with Crippen LogP contribution in [0.4, 0.5) is 0 Å². The summed E-state index contributed by atoms with van der Waals surface area (Å²) in [5, 5.41) is 3.58. The Morgan fingerprint density at radius 1 is 1.15 bits per heavy atom. The molecule has 0 saturated heterocycles. The van der Waals surface area contributed by atoms with Gasteiger partial charge in [0, 0.05) is 10.5 Å². The molecule has 1 N–H and O–H groups in total. The van der Waals surface area contributed by atoms with Crippen molar-refractivity contribution >= 4 is 47.8 Å². The predicted octanol–water partition coefficient (Wildman–Crippen LogP) is 5.77. The van der Waals surface area contributed by atoms with E-state index in [2.05, 4.69) is 73.9 Å². The van der Waals surface area contributed by atoms with Gasteiger partial charge in [-0.15, -0.1) is 0 Å². The number of ether oxygens (including phenoxy) is 1. The lowest BCUT2D eigenvalue weighted by Gasteiger charge is -2.25. The highest BCUT2D eigenvalue weighted by molar-refractivity contribution is 9.11. The van der Waals surface area contributed by atoms with Crippen LogP contribution in [0.2, 0.25) is 0 Å². The molecule has 0 aliphatic carbocycles. The van der Waals surface area contributed by atoms with Gasteiger partial charge in [0.05, 0.1) is 8.95 Å². The van der Waals surface area contributed by atoms with E-state index in [4.69, 9.17) is 4.74 Å². The number of rotatable bonds is 8. The van der Waals surface area contributed by atoms with Crippen molar-refractivity contribution in [1.82, 2.24) is 5.32 Å². The molecule has 0 aromatic heterocycles. The summed E-state index contributed by atoms with van der Waals surface area (Å²) in [5.41, 5.74) is 0. The largest absolute Gasteiger partial charge is 0.490 e. The van der Waals surface area contributed by atoms with Gasteiger partial charge in [0.2, 0.25) is 0 Å². The van der Waals surface area contributed by atoms with Crippen molar-refractivity contribution in [3.05, 3.63) is 25.6 Å². The molecule has 2 atom stereocenters. The molecule has 0 heterocycles. The summed E-state index contributed by atoms with van der Waals surface area (Å²) in [4.78, 5) is 0. The molecule has 0 aliphatic rings. The third kappa shape index (κ3) is 5.66. The van der Waals surface area contributed by atoms with Crippen LogP contribution >= 0.6 is 47.8 Å². The summed E-state index contributed by atoms with van der Waals surface area (Å²) >= 11 is 10.6. The fourth-order valence-electron chi connectivity index (χ4n) is 1.88. The second-order valence-electron chi connectivity index (χ2n) is 4.96. The van der Waals surface area contributed by atoms with E-state index in [1.165, 1.54) is 0 Å². The highest BCUT2D eigenvalue weighted by Gasteiger charge is 2.17. The summed E-state index contributed by atoms with van der Waals surface area (Å²) < 4.78 is 8.96. The SMILES string of the molecule is CCCNC(COc1c(Br)cc(Br)cc1Br)C(C)CC. The Kier molecular flexibility index (Phi) is 8.72. The van der Waals surface area contributed by atoms with E-state index in [1.807, 2.05) is 12.1 Å². The highest BCUT2D eigenvalue weighted by Crippen LogP contribution is 2.36. The third-order valence-corrected chi connectivity index (χ3v) is 4.99. The van der Waals surface area contributed by atoms with Crippen LogP contribution in [0.5, 0.6) is 5.75 Å². The van der Waals surface area contributed by atoms with Crippen molar-refractivity contribution in [2.24, 2.45) is 5.92 Å². The number of halogens is 3. The van der Waals surface area contributed by atoms with Gasteiger partial charge in [-0.25, -0.2) is 0 Å². The normalized spacial score (nSPS) is 14.1. The molecule has 2 nitrogen and oxygen atoms in total. The number of hydrogen-bond donors (Lipinski definition) is 1. The topological polar surface area (TPSA) is 21.3 Å². The van der Waals surface area contributed by atoms with Gasteiger partial charge in [0.15, 0.2) is 0 Å². The molecule has 5 heteroatoms. The minimum Gasteiger partial charge on any atom is -0.490 e. The van der Waals surface area contributed by atoms with Gasteiger partial charge < -0.3 is 10.1 Å². The van der Waals surface area contributed by atoms with Crippen LogP contribution in [0.1, 0.15) is 33.6 Å². The predicted molar refractivity (Wildman–Crippen MR) is 96.6 cm³/mol. The molecule has 0 aliphatic heterocycles. The standard InChI is InChI=1S/C15H22Br3NO/c1-4-6-19-14(10(3)5-2)9-20-15-12(17)7-11(16)8-13(15)18/h7-8,10,14,19H,4-6,9H2,1-3H3. The Hall–Kier alpha value is 0.420. The maximum absolute atomic E-state index is 6.03. The molecule has 0 bridgehead atoms. The molecule has 20 heavy (non-hydrogen) atoms. The Morgan fingerprint density at radius 2 is 1.75 bits per heavy atom. The van der Waals surface area contributed by atoms with Crippen molar-refractivity contribution in [3.8, 4) is 5.75 Å². The van der Waals surface area contributed by atoms with Crippen LogP contribution in [0.3, 0.4) is 0 Å².